The van der Waals surface area contributed by atoms with E-state index in [0.29, 0.717) is 12.5 Å². The van der Waals surface area contributed by atoms with Crippen LogP contribution in [0.15, 0.2) is 36.5 Å². The fraction of sp³-hybridized carbons (Fsp3) is 0.440. The van der Waals surface area contributed by atoms with Crippen LogP contribution in [-0.4, -0.2) is 58.3 Å². The van der Waals surface area contributed by atoms with E-state index in [9.17, 15) is 4.79 Å². The number of aromatic nitrogens is 2. The Morgan fingerprint density at radius 2 is 1.83 bits per heavy atom. The molecule has 1 amide bonds. The van der Waals surface area contributed by atoms with Gasteiger partial charge in [-0.1, -0.05) is 18.2 Å². The number of hydrogen-bond acceptors (Lipinski definition) is 3. The molecule has 30 heavy (non-hydrogen) atoms. The maximum Gasteiger partial charge on any atom is 0.228 e. The number of fused-ring (bicyclic) bond motifs is 1. The molecule has 0 saturated carbocycles. The van der Waals surface area contributed by atoms with E-state index in [0.717, 1.165) is 54.1 Å². The molecule has 2 aromatic heterocycles. The van der Waals surface area contributed by atoms with E-state index in [2.05, 4.69) is 61.4 Å². The third-order valence-corrected chi connectivity index (χ3v) is 6.67. The van der Waals surface area contributed by atoms with Crippen LogP contribution in [0.25, 0.3) is 16.9 Å². The standard InChI is InChI=1S/C25H32N4O/c1-17-8-9-20(15-19(17)3)24-22(29-12-6-7-18(2)25(29)26-24)16-23(30)28(5)21-10-13-27(4)14-11-21/h6-9,12,15,21H,10-11,13-14,16H2,1-5H3. The average Bonchev–Trinajstić information content (AvgIpc) is 3.10. The molecule has 4 rings (SSSR count). The van der Waals surface area contributed by atoms with Crippen molar-refractivity contribution in [1.82, 2.24) is 19.2 Å². The summed E-state index contributed by atoms with van der Waals surface area (Å²) in [5.41, 5.74) is 7.51. The summed E-state index contributed by atoms with van der Waals surface area (Å²) in [5.74, 6) is 0.165. The molecule has 0 atom stereocenters. The van der Waals surface area contributed by atoms with Gasteiger partial charge in [-0.05, 0) is 82.6 Å². The molecule has 0 aliphatic carbocycles. The highest BCUT2D eigenvalue weighted by Gasteiger charge is 2.26. The van der Waals surface area contributed by atoms with E-state index in [1.807, 2.05) is 24.2 Å². The number of aryl methyl sites for hydroxylation is 3. The van der Waals surface area contributed by atoms with Gasteiger partial charge in [0.2, 0.25) is 5.91 Å². The van der Waals surface area contributed by atoms with E-state index in [1.165, 1.54) is 11.1 Å². The Kier molecular flexibility index (Phi) is 5.65. The second kappa shape index (κ2) is 8.23. The van der Waals surface area contributed by atoms with Crippen molar-refractivity contribution in [2.75, 3.05) is 27.2 Å². The van der Waals surface area contributed by atoms with Gasteiger partial charge < -0.3 is 14.2 Å². The molecule has 3 heterocycles. The highest BCUT2D eigenvalue weighted by molar-refractivity contribution is 5.82. The van der Waals surface area contributed by atoms with E-state index in [-0.39, 0.29) is 5.91 Å². The first-order valence-corrected chi connectivity index (χ1v) is 10.8. The van der Waals surface area contributed by atoms with Crippen LogP contribution in [0.3, 0.4) is 0 Å². The summed E-state index contributed by atoms with van der Waals surface area (Å²) in [6.45, 7) is 8.41. The number of carbonyl (C=O) groups is 1. The molecule has 158 valence electrons. The Balaban J connectivity index is 1.71. The minimum atomic E-state index is 0.165. The Morgan fingerprint density at radius 1 is 1.10 bits per heavy atom. The number of hydrogen-bond donors (Lipinski definition) is 0. The number of imidazole rings is 1. The third-order valence-electron chi connectivity index (χ3n) is 6.67. The van der Waals surface area contributed by atoms with E-state index in [4.69, 9.17) is 4.98 Å². The molecule has 0 N–H and O–H groups in total. The molecule has 5 nitrogen and oxygen atoms in total. The summed E-state index contributed by atoms with van der Waals surface area (Å²) in [7, 11) is 4.11. The normalized spacial score (nSPS) is 15.6. The minimum Gasteiger partial charge on any atom is -0.342 e. The zero-order chi connectivity index (χ0) is 21.4. The van der Waals surface area contributed by atoms with Crippen molar-refractivity contribution in [3.05, 3.63) is 58.9 Å². The molecule has 0 bridgehead atoms. The molecular weight excluding hydrogens is 372 g/mol. The Hall–Kier alpha value is -2.66. The molecule has 1 saturated heterocycles. The van der Waals surface area contributed by atoms with Crippen LogP contribution >= 0.6 is 0 Å². The lowest BCUT2D eigenvalue weighted by molar-refractivity contribution is -0.132. The number of benzene rings is 1. The van der Waals surface area contributed by atoms with E-state index in [1.54, 1.807) is 0 Å². The molecule has 3 aromatic rings. The van der Waals surface area contributed by atoms with Crippen LogP contribution in [0.1, 0.15) is 35.2 Å². The molecule has 0 spiro atoms. The smallest absolute Gasteiger partial charge is 0.228 e. The van der Waals surface area contributed by atoms with Gasteiger partial charge in [-0.15, -0.1) is 0 Å². The van der Waals surface area contributed by atoms with Gasteiger partial charge in [0.15, 0.2) is 0 Å². The van der Waals surface area contributed by atoms with E-state index >= 15 is 0 Å². The second-order valence-corrected chi connectivity index (χ2v) is 8.81. The van der Waals surface area contributed by atoms with Crippen LogP contribution in [-0.2, 0) is 11.2 Å². The minimum absolute atomic E-state index is 0.165. The Labute approximate surface area is 179 Å². The van der Waals surface area contributed by atoms with Crippen molar-refractivity contribution in [1.29, 1.82) is 0 Å². The van der Waals surface area contributed by atoms with Gasteiger partial charge in [-0.2, -0.15) is 0 Å². The fourth-order valence-electron chi connectivity index (χ4n) is 4.40. The van der Waals surface area contributed by atoms with Gasteiger partial charge in [0.25, 0.3) is 0 Å². The van der Waals surface area contributed by atoms with Crippen LogP contribution < -0.4 is 0 Å². The van der Waals surface area contributed by atoms with Crippen molar-refractivity contribution in [3.8, 4) is 11.3 Å². The molecule has 5 heteroatoms. The highest BCUT2D eigenvalue weighted by Crippen LogP contribution is 2.28. The number of rotatable bonds is 4. The highest BCUT2D eigenvalue weighted by atomic mass is 16.2. The first-order valence-electron chi connectivity index (χ1n) is 10.8. The van der Waals surface area contributed by atoms with Crippen molar-refractivity contribution in [2.24, 2.45) is 0 Å². The SMILES string of the molecule is Cc1ccc(-c2nc3c(C)cccn3c2CC(=O)N(C)C2CCN(C)CC2)cc1C. The van der Waals surface area contributed by atoms with Gasteiger partial charge in [0.05, 0.1) is 17.8 Å². The molecule has 1 fully saturated rings. The van der Waals surface area contributed by atoms with Crippen molar-refractivity contribution in [2.45, 2.75) is 46.1 Å². The van der Waals surface area contributed by atoms with Crippen molar-refractivity contribution in [3.63, 3.8) is 0 Å². The molecule has 1 aliphatic heterocycles. The topological polar surface area (TPSA) is 40.9 Å². The number of likely N-dealkylation sites (N-methyl/N-ethyl adjacent to an activating group) is 1. The molecular formula is C25H32N4O. The molecule has 0 unspecified atom stereocenters. The predicted molar refractivity (Wildman–Crippen MR) is 122 cm³/mol. The van der Waals surface area contributed by atoms with Crippen molar-refractivity contribution < 1.29 is 4.79 Å². The number of likely N-dealkylation sites (tertiary alicyclic amines) is 1. The molecule has 1 aromatic carbocycles. The van der Waals surface area contributed by atoms with Crippen LogP contribution in [0.5, 0.6) is 0 Å². The second-order valence-electron chi connectivity index (χ2n) is 8.81. The fourth-order valence-corrected chi connectivity index (χ4v) is 4.40. The maximum absolute atomic E-state index is 13.3. The van der Waals surface area contributed by atoms with Gasteiger partial charge in [-0.25, -0.2) is 4.98 Å². The summed E-state index contributed by atoms with van der Waals surface area (Å²) >= 11 is 0. The van der Waals surface area contributed by atoms with E-state index < -0.39 is 0 Å². The summed E-state index contributed by atoms with van der Waals surface area (Å²) < 4.78 is 2.10. The summed E-state index contributed by atoms with van der Waals surface area (Å²) in [6, 6.07) is 10.9. The van der Waals surface area contributed by atoms with Gasteiger partial charge in [-0.3, -0.25) is 4.79 Å². The zero-order valence-corrected chi connectivity index (χ0v) is 18.8. The monoisotopic (exact) mass is 404 g/mol. The number of carbonyl (C=O) groups excluding carboxylic acids is 1. The van der Waals surface area contributed by atoms with Crippen LogP contribution in [0, 0.1) is 20.8 Å². The Bertz CT molecular complexity index is 1080. The summed E-state index contributed by atoms with van der Waals surface area (Å²) in [5, 5.41) is 0. The molecule has 1 aliphatic rings. The summed E-state index contributed by atoms with van der Waals surface area (Å²) in [4.78, 5) is 22.6. The van der Waals surface area contributed by atoms with Gasteiger partial charge >= 0.3 is 0 Å². The molecule has 0 radical (unpaired) electrons. The van der Waals surface area contributed by atoms with Gasteiger partial charge in [0.1, 0.15) is 5.65 Å². The number of amides is 1. The largest absolute Gasteiger partial charge is 0.342 e. The quantitative estimate of drug-likeness (QED) is 0.659. The number of piperidine rings is 1. The van der Waals surface area contributed by atoms with Crippen LogP contribution in [0.4, 0.5) is 0 Å². The predicted octanol–water partition coefficient (Wildman–Crippen LogP) is 4.02. The Morgan fingerprint density at radius 3 is 2.53 bits per heavy atom. The summed E-state index contributed by atoms with van der Waals surface area (Å²) in [6.07, 6.45) is 4.46. The maximum atomic E-state index is 13.3. The lowest BCUT2D eigenvalue weighted by Gasteiger charge is -2.35. The first kappa shape index (κ1) is 20.6. The number of pyridine rings is 1. The average molecular weight is 405 g/mol. The van der Waals surface area contributed by atoms with Gasteiger partial charge in [0, 0.05) is 24.8 Å². The lowest BCUT2D eigenvalue weighted by atomic mass is 10.0. The lowest BCUT2D eigenvalue weighted by Crippen LogP contribution is -2.45. The van der Waals surface area contributed by atoms with Crippen molar-refractivity contribution >= 4 is 11.6 Å². The number of nitrogens with zero attached hydrogens (tertiary/aromatic N) is 4. The first-order chi connectivity index (χ1) is 14.3. The van der Waals surface area contributed by atoms with Crippen LogP contribution in [0.2, 0.25) is 0 Å². The zero-order valence-electron chi connectivity index (χ0n) is 18.8. The third kappa shape index (κ3) is 3.86.